The fourth-order valence-electron chi connectivity index (χ4n) is 0.766. The van der Waals surface area contributed by atoms with Gasteiger partial charge in [0.15, 0.2) is 0 Å². The number of rotatable bonds is 6. The first-order valence-corrected chi connectivity index (χ1v) is 4.10. The molecule has 2 N–H and O–H groups in total. The van der Waals surface area contributed by atoms with Gasteiger partial charge in [-0.2, -0.15) is 0 Å². The van der Waals surface area contributed by atoms with Crippen LogP contribution in [-0.4, -0.2) is 23.8 Å². The Morgan fingerprint density at radius 2 is 2.18 bits per heavy atom. The first kappa shape index (κ1) is 10.7. The number of hydrogen-bond donors (Lipinski definition) is 2. The molecule has 0 bridgehead atoms. The Kier molecular flexibility index (Phi) is 5.16. The smallest absolute Gasteiger partial charge is 0.0715 e. The second-order valence-corrected chi connectivity index (χ2v) is 3.42. The molecule has 0 atom stereocenters. The lowest BCUT2D eigenvalue weighted by atomic mass is 10.1. The zero-order valence-electron chi connectivity index (χ0n) is 7.56. The van der Waals surface area contributed by atoms with Crippen molar-refractivity contribution in [3.8, 4) is 0 Å². The van der Waals surface area contributed by atoms with Gasteiger partial charge in [0, 0.05) is 6.54 Å². The van der Waals surface area contributed by atoms with E-state index in [-0.39, 0.29) is 0 Å². The van der Waals surface area contributed by atoms with Gasteiger partial charge in [-0.15, -0.1) is 6.58 Å². The molecule has 0 unspecified atom stereocenters. The van der Waals surface area contributed by atoms with E-state index in [1.807, 2.05) is 6.08 Å². The van der Waals surface area contributed by atoms with E-state index >= 15 is 0 Å². The lowest BCUT2D eigenvalue weighted by molar-refractivity contribution is 0.0800. The molecule has 0 amide bonds. The fraction of sp³-hybridized carbons (Fsp3) is 0.778. The van der Waals surface area contributed by atoms with E-state index in [1.54, 1.807) is 13.8 Å². The first-order chi connectivity index (χ1) is 5.06. The van der Waals surface area contributed by atoms with Crippen molar-refractivity contribution in [1.29, 1.82) is 0 Å². The van der Waals surface area contributed by atoms with E-state index in [0.717, 1.165) is 19.4 Å². The van der Waals surface area contributed by atoms with Crippen molar-refractivity contribution in [1.82, 2.24) is 5.32 Å². The molecule has 0 fully saturated rings. The third-order valence-corrected chi connectivity index (χ3v) is 1.32. The highest BCUT2D eigenvalue weighted by Gasteiger charge is 2.09. The monoisotopic (exact) mass is 157 g/mol. The summed E-state index contributed by atoms with van der Waals surface area (Å²) >= 11 is 0. The molecular weight excluding hydrogens is 138 g/mol. The van der Waals surface area contributed by atoms with Crippen molar-refractivity contribution < 1.29 is 5.11 Å². The summed E-state index contributed by atoms with van der Waals surface area (Å²) in [6.45, 7) is 8.84. The standard InChI is InChI=1S/C9H19NO/c1-4-5-6-7-10-8-9(2,3)11/h4,10-11H,1,5-8H2,2-3H3. The van der Waals surface area contributed by atoms with Gasteiger partial charge in [-0.05, 0) is 33.2 Å². The lowest BCUT2D eigenvalue weighted by Gasteiger charge is -2.17. The molecule has 0 saturated carbocycles. The third-order valence-electron chi connectivity index (χ3n) is 1.32. The molecular formula is C9H19NO. The Morgan fingerprint density at radius 1 is 1.55 bits per heavy atom. The van der Waals surface area contributed by atoms with Gasteiger partial charge in [0.2, 0.25) is 0 Å². The van der Waals surface area contributed by atoms with Gasteiger partial charge >= 0.3 is 0 Å². The van der Waals surface area contributed by atoms with Gasteiger partial charge < -0.3 is 10.4 Å². The van der Waals surface area contributed by atoms with E-state index in [2.05, 4.69) is 11.9 Å². The maximum absolute atomic E-state index is 9.29. The molecule has 0 spiro atoms. The Labute approximate surface area is 69.3 Å². The summed E-state index contributed by atoms with van der Waals surface area (Å²) in [6, 6.07) is 0. The second-order valence-electron chi connectivity index (χ2n) is 3.42. The van der Waals surface area contributed by atoms with E-state index in [1.165, 1.54) is 0 Å². The van der Waals surface area contributed by atoms with E-state index in [4.69, 9.17) is 0 Å². The van der Waals surface area contributed by atoms with E-state index in [0.29, 0.717) is 6.54 Å². The van der Waals surface area contributed by atoms with Crippen molar-refractivity contribution in [3.05, 3.63) is 12.7 Å². The van der Waals surface area contributed by atoms with Gasteiger partial charge in [0.05, 0.1) is 5.60 Å². The highest BCUT2D eigenvalue weighted by atomic mass is 16.3. The Balaban J connectivity index is 3.08. The molecule has 0 rings (SSSR count). The van der Waals surface area contributed by atoms with Crippen molar-refractivity contribution in [2.24, 2.45) is 0 Å². The van der Waals surface area contributed by atoms with Crippen LogP contribution >= 0.6 is 0 Å². The molecule has 11 heavy (non-hydrogen) atoms. The Morgan fingerprint density at radius 3 is 2.64 bits per heavy atom. The van der Waals surface area contributed by atoms with Crippen molar-refractivity contribution in [2.45, 2.75) is 32.3 Å². The summed E-state index contributed by atoms with van der Waals surface area (Å²) in [7, 11) is 0. The van der Waals surface area contributed by atoms with Crippen LogP contribution in [0.5, 0.6) is 0 Å². The van der Waals surface area contributed by atoms with Crippen molar-refractivity contribution >= 4 is 0 Å². The molecule has 0 saturated heterocycles. The summed E-state index contributed by atoms with van der Waals surface area (Å²) < 4.78 is 0. The molecule has 0 heterocycles. The zero-order valence-corrected chi connectivity index (χ0v) is 7.56. The predicted octanol–water partition coefficient (Wildman–Crippen LogP) is 1.31. The predicted molar refractivity (Wildman–Crippen MR) is 48.6 cm³/mol. The summed E-state index contributed by atoms with van der Waals surface area (Å²) in [5.74, 6) is 0. The molecule has 0 aliphatic heterocycles. The Bertz CT molecular complexity index is 105. The van der Waals surface area contributed by atoms with Crippen LogP contribution in [0.15, 0.2) is 12.7 Å². The van der Waals surface area contributed by atoms with Crippen LogP contribution < -0.4 is 5.32 Å². The molecule has 2 nitrogen and oxygen atoms in total. The average molecular weight is 157 g/mol. The van der Waals surface area contributed by atoms with Crippen LogP contribution in [0.25, 0.3) is 0 Å². The summed E-state index contributed by atoms with van der Waals surface area (Å²) in [5.41, 5.74) is -0.589. The highest BCUT2D eigenvalue weighted by Crippen LogP contribution is 1.97. The van der Waals surface area contributed by atoms with Gasteiger partial charge in [-0.1, -0.05) is 6.08 Å². The van der Waals surface area contributed by atoms with Crippen LogP contribution in [0.4, 0.5) is 0 Å². The maximum atomic E-state index is 9.29. The number of allylic oxidation sites excluding steroid dienone is 1. The average Bonchev–Trinajstić information content (AvgIpc) is 1.85. The van der Waals surface area contributed by atoms with E-state index in [9.17, 15) is 5.11 Å². The molecule has 0 aliphatic carbocycles. The molecule has 2 heteroatoms. The van der Waals surface area contributed by atoms with Crippen LogP contribution in [-0.2, 0) is 0 Å². The molecule has 0 radical (unpaired) electrons. The number of hydrogen-bond acceptors (Lipinski definition) is 2. The van der Waals surface area contributed by atoms with Gasteiger partial charge in [0.1, 0.15) is 0 Å². The van der Waals surface area contributed by atoms with Crippen LogP contribution in [0.3, 0.4) is 0 Å². The van der Waals surface area contributed by atoms with Crippen molar-refractivity contribution in [3.63, 3.8) is 0 Å². The minimum absolute atomic E-state index is 0.589. The minimum atomic E-state index is -0.589. The normalized spacial score (nSPS) is 11.5. The Hall–Kier alpha value is -0.340. The second kappa shape index (κ2) is 5.33. The number of nitrogens with one attached hydrogen (secondary N) is 1. The topological polar surface area (TPSA) is 32.3 Å². The van der Waals surface area contributed by atoms with E-state index < -0.39 is 5.60 Å². The fourth-order valence-corrected chi connectivity index (χ4v) is 0.766. The lowest BCUT2D eigenvalue weighted by Crippen LogP contribution is -2.35. The summed E-state index contributed by atoms with van der Waals surface area (Å²) in [4.78, 5) is 0. The van der Waals surface area contributed by atoms with Crippen LogP contribution in [0, 0.1) is 0 Å². The molecule has 0 aromatic heterocycles. The number of unbranched alkanes of at least 4 members (excludes halogenated alkanes) is 1. The zero-order chi connectivity index (χ0) is 8.74. The van der Waals surface area contributed by atoms with Gasteiger partial charge in [-0.3, -0.25) is 0 Å². The molecule has 66 valence electrons. The molecule has 0 aliphatic rings. The molecule has 0 aromatic rings. The van der Waals surface area contributed by atoms with Crippen molar-refractivity contribution in [2.75, 3.05) is 13.1 Å². The molecule has 0 aromatic carbocycles. The quantitative estimate of drug-likeness (QED) is 0.450. The summed E-state index contributed by atoms with van der Waals surface area (Å²) in [5, 5.41) is 12.5. The summed E-state index contributed by atoms with van der Waals surface area (Å²) in [6.07, 6.45) is 4.05. The maximum Gasteiger partial charge on any atom is 0.0715 e. The largest absolute Gasteiger partial charge is 0.389 e. The van der Waals surface area contributed by atoms with Gasteiger partial charge in [0.25, 0.3) is 0 Å². The first-order valence-electron chi connectivity index (χ1n) is 4.10. The SMILES string of the molecule is C=CCCCNCC(C)(C)O. The highest BCUT2D eigenvalue weighted by molar-refractivity contribution is 4.70. The minimum Gasteiger partial charge on any atom is -0.389 e. The number of aliphatic hydroxyl groups is 1. The third kappa shape index (κ3) is 9.66. The van der Waals surface area contributed by atoms with Crippen LogP contribution in [0.2, 0.25) is 0 Å². The van der Waals surface area contributed by atoms with Crippen LogP contribution in [0.1, 0.15) is 26.7 Å². The van der Waals surface area contributed by atoms with Gasteiger partial charge in [-0.25, -0.2) is 0 Å².